The van der Waals surface area contributed by atoms with Gasteiger partial charge >= 0.3 is 0 Å². The molecule has 0 radical (unpaired) electrons. The highest BCUT2D eigenvalue weighted by molar-refractivity contribution is 6.30. The molecule has 0 aliphatic rings. The largest absolute Gasteiger partial charge is 0.454 e. The van der Waals surface area contributed by atoms with E-state index >= 15 is 0 Å². The van der Waals surface area contributed by atoms with Gasteiger partial charge in [-0.05, 0) is 144 Å². The number of hydrogen-bond donors (Lipinski definition) is 0. The van der Waals surface area contributed by atoms with Crippen molar-refractivity contribution in [2.24, 2.45) is 0 Å². The quantitative estimate of drug-likeness (QED) is 0.150. The molecule has 4 heteroatoms. The second-order valence-electron chi connectivity index (χ2n) is 18.0. The van der Waals surface area contributed by atoms with Crippen LogP contribution in [0.1, 0.15) is 22.3 Å². The third kappa shape index (κ3) is 5.92. The van der Waals surface area contributed by atoms with Crippen LogP contribution in [0, 0.1) is 27.7 Å². The average Bonchev–Trinajstić information content (AvgIpc) is 3.91. The van der Waals surface area contributed by atoms with Gasteiger partial charge < -0.3 is 18.6 Å². The molecule has 0 saturated heterocycles. The van der Waals surface area contributed by atoms with Crippen LogP contribution >= 0.6 is 0 Å². The van der Waals surface area contributed by atoms with Crippen molar-refractivity contribution in [3.63, 3.8) is 0 Å². The van der Waals surface area contributed by atoms with Crippen LogP contribution in [0.4, 0.5) is 34.1 Å². The first-order chi connectivity index (χ1) is 32.3. The van der Waals surface area contributed by atoms with Gasteiger partial charge in [0, 0.05) is 49.1 Å². The van der Waals surface area contributed by atoms with Crippen LogP contribution in [0.25, 0.3) is 87.3 Å². The molecule has 0 spiro atoms. The number of aryl methyl sites for hydroxylation is 4. The van der Waals surface area contributed by atoms with Gasteiger partial charge in [0.05, 0.1) is 22.7 Å². The van der Waals surface area contributed by atoms with Crippen molar-refractivity contribution in [3.8, 4) is 11.1 Å². The van der Waals surface area contributed by atoms with Gasteiger partial charge in [0.2, 0.25) is 0 Å². The fourth-order valence-electron chi connectivity index (χ4n) is 10.8. The third-order valence-electron chi connectivity index (χ3n) is 13.4. The van der Waals surface area contributed by atoms with E-state index in [0.29, 0.717) is 0 Å². The Morgan fingerprint density at radius 2 is 0.742 bits per heavy atom. The summed E-state index contributed by atoms with van der Waals surface area (Å²) in [6.07, 6.45) is 0. The molecule has 13 aromatic rings. The van der Waals surface area contributed by atoms with E-state index in [4.69, 9.17) is 8.83 Å². The van der Waals surface area contributed by atoms with E-state index in [0.717, 1.165) is 88.8 Å². The summed E-state index contributed by atoms with van der Waals surface area (Å²) in [4.78, 5) is 4.88. The van der Waals surface area contributed by atoms with Crippen molar-refractivity contribution in [2.75, 3.05) is 9.80 Å². The first-order valence-corrected chi connectivity index (χ1v) is 22.7. The van der Waals surface area contributed by atoms with Crippen molar-refractivity contribution in [1.82, 2.24) is 0 Å². The molecule has 0 fully saturated rings. The SMILES string of the molecule is Cc1cc(C)cc(N(c2cc(N(c3cc(C)cc(C)c3)c3cccc4c3oc3ccccc34)c3ccc4cc(-c5ccccc5)cc5ccc2c3c54)c2cccc3c2oc2ccccc23)c1. The minimum atomic E-state index is 0.843. The van der Waals surface area contributed by atoms with Crippen molar-refractivity contribution in [1.29, 1.82) is 0 Å². The molecule has 2 heterocycles. The van der Waals surface area contributed by atoms with E-state index in [1.54, 1.807) is 0 Å². The number of para-hydroxylation sites is 4. The summed E-state index contributed by atoms with van der Waals surface area (Å²) >= 11 is 0. The molecule has 0 N–H and O–H groups in total. The van der Waals surface area contributed by atoms with Crippen LogP contribution in [-0.2, 0) is 0 Å². The second-order valence-corrected chi connectivity index (χ2v) is 18.0. The third-order valence-corrected chi connectivity index (χ3v) is 13.4. The Labute approximate surface area is 382 Å². The summed E-state index contributed by atoms with van der Waals surface area (Å²) in [6, 6.07) is 70.7. The maximum Gasteiger partial charge on any atom is 0.159 e. The van der Waals surface area contributed by atoms with E-state index < -0.39 is 0 Å². The molecule has 0 amide bonds. The number of hydrogen-bond acceptors (Lipinski definition) is 4. The smallest absolute Gasteiger partial charge is 0.159 e. The van der Waals surface area contributed by atoms with Crippen LogP contribution in [0.15, 0.2) is 203 Å². The van der Waals surface area contributed by atoms with Crippen molar-refractivity contribution < 1.29 is 8.83 Å². The van der Waals surface area contributed by atoms with Crippen LogP contribution < -0.4 is 9.80 Å². The number of rotatable bonds is 7. The zero-order chi connectivity index (χ0) is 44.2. The first kappa shape index (κ1) is 38.1. The molecule has 66 heavy (non-hydrogen) atoms. The molecule has 2 aromatic heterocycles. The lowest BCUT2D eigenvalue weighted by Gasteiger charge is -2.32. The van der Waals surface area contributed by atoms with Crippen LogP contribution in [0.3, 0.4) is 0 Å². The minimum absolute atomic E-state index is 0.843. The molecule has 13 rings (SSSR count). The summed E-state index contributed by atoms with van der Waals surface area (Å²) in [7, 11) is 0. The standard InChI is InChI=1S/C62H44N2O2/c1-37-28-38(2)31-45(30-37)63(53-20-12-18-49-47-16-8-10-22-57(47)65-61(49)53)55-36-56(52-27-25-43-35-44(41-14-6-5-7-15-41)34-42-24-26-51(55)60(52)59(42)43)64(46-32-39(3)29-40(4)33-46)54-21-13-19-50-48-17-9-11-23-58(48)66-62(50)54/h5-36H,1-4H3. The molecule has 0 aliphatic carbocycles. The molecule has 11 aromatic carbocycles. The number of benzene rings is 11. The number of fused-ring (bicyclic) bond motifs is 6. The highest BCUT2D eigenvalue weighted by atomic mass is 16.3. The zero-order valence-electron chi connectivity index (χ0n) is 37.2. The van der Waals surface area contributed by atoms with Crippen LogP contribution in [0.2, 0.25) is 0 Å². The Kier molecular flexibility index (Phi) is 8.44. The number of nitrogens with zero attached hydrogens (tertiary/aromatic N) is 2. The maximum atomic E-state index is 6.90. The highest BCUT2D eigenvalue weighted by Gasteiger charge is 2.28. The molecule has 4 nitrogen and oxygen atoms in total. The van der Waals surface area contributed by atoms with Gasteiger partial charge in [0.15, 0.2) is 11.2 Å². The normalized spacial score (nSPS) is 11.9. The Bertz CT molecular complexity index is 3790. The topological polar surface area (TPSA) is 32.8 Å². The van der Waals surface area contributed by atoms with E-state index in [-0.39, 0.29) is 0 Å². The molecular weight excluding hydrogens is 805 g/mol. The molecule has 0 aliphatic heterocycles. The molecule has 0 unspecified atom stereocenters. The van der Waals surface area contributed by atoms with E-state index in [9.17, 15) is 0 Å². The van der Waals surface area contributed by atoms with Crippen molar-refractivity contribution >= 4 is 110 Å². The molecule has 0 atom stereocenters. The van der Waals surface area contributed by atoms with Gasteiger partial charge in [-0.2, -0.15) is 0 Å². The van der Waals surface area contributed by atoms with Crippen LogP contribution in [-0.4, -0.2) is 0 Å². The minimum Gasteiger partial charge on any atom is -0.454 e. The van der Waals surface area contributed by atoms with Crippen molar-refractivity contribution in [3.05, 3.63) is 216 Å². The Balaban J connectivity index is 1.20. The summed E-state index contributed by atoms with van der Waals surface area (Å²) in [5.74, 6) is 0. The molecule has 0 saturated carbocycles. The highest BCUT2D eigenvalue weighted by Crippen LogP contribution is 2.53. The van der Waals surface area contributed by atoms with Gasteiger partial charge in [-0.1, -0.05) is 127 Å². The van der Waals surface area contributed by atoms with E-state index in [2.05, 4.69) is 219 Å². The summed E-state index contributed by atoms with van der Waals surface area (Å²) in [5.41, 5.74) is 16.7. The van der Waals surface area contributed by atoms with Crippen LogP contribution in [0.5, 0.6) is 0 Å². The fraction of sp³-hybridized carbons (Fsp3) is 0.0645. The average molecular weight is 849 g/mol. The fourth-order valence-corrected chi connectivity index (χ4v) is 10.8. The van der Waals surface area contributed by atoms with Crippen molar-refractivity contribution in [2.45, 2.75) is 27.7 Å². The lowest BCUT2D eigenvalue weighted by Crippen LogP contribution is -2.15. The number of furan rings is 2. The van der Waals surface area contributed by atoms with Gasteiger partial charge in [0.1, 0.15) is 11.2 Å². The monoisotopic (exact) mass is 848 g/mol. The summed E-state index contributed by atoms with van der Waals surface area (Å²) < 4.78 is 13.8. The summed E-state index contributed by atoms with van der Waals surface area (Å²) in [5, 5.41) is 11.5. The van der Waals surface area contributed by atoms with E-state index in [1.807, 2.05) is 12.1 Å². The van der Waals surface area contributed by atoms with Gasteiger partial charge in [-0.3, -0.25) is 0 Å². The predicted octanol–water partition coefficient (Wildman–Crippen LogP) is 18.2. The van der Waals surface area contributed by atoms with E-state index in [1.165, 1.54) is 54.9 Å². The Morgan fingerprint density at radius 1 is 0.303 bits per heavy atom. The van der Waals surface area contributed by atoms with Gasteiger partial charge in [0.25, 0.3) is 0 Å². The van der Waals surface area contributed by atoms with Gasteiger partial charge in [-0.25, -0.2) is 0 Å². The predicted molar refractivity (Wildman–Crippen MR) is 278 cm³/mol. The number of anilines is 6. The molecule has 314 valence electrons. The van der Waals surface area contributed by atoms with Gasteiger partial charge in [-0.15, -0.1) is 0 Å². The second kappa shape index (κ2) is 14.6. The summed E-state index contributed by atoms with van der Waals surface area (Å²) in [6.45, 7) is 8.75. The molecule has 0 bridgehead atoms. The first-order valence-electron chi connectivity index (χ1n) is 22.7. The lowest BCUT2D eigenvalue weighted by molar-refractivity contribution is 0.669. The zero-order valence-corrected chi connectivity index (χ0v) is 37.2. The molecular formula is C62H44N2O2. The lowest BCUT2D eigenvalue weighted by atomic mass is 9.89. The Hall–Kier alpha value is -8.34. The Morgan fingerprint density at radius 3 is 1.23 bits per heavy atom. The maximum absolute atomic E-state index is 6.90.